The number of nitrogens with one attached hydrogen (secondary N) is 1. The number of carbonyl (C=O) groups excluding carboxylic acids is 1. The Balaban J connectivity index is 1.35. The summed E-state index contributed by atoms with van der Waals surface area (Å²) in [7, 11) is 1.98. The molecule has 3 aromatic rings. The number of rotatable bonds is 7. The number of ether oxygens (including phenoxy) is 1. The molecule has 1 heterocycles. The Bertz CT molecular complexity index is 1110. The molecule has 1 fully saturated rings. The van der Waals surface area contributed by atoms with E-state index in [0.717, 1.165) is 53.9 Å². The van der Waals surface area contributed by atoms with Crippen molar-refractivity contribution in [2.24, 2.45) is 12.8 Å². The van der Waals surface area contributed by atoms with E-state index in [1.807, 2.05) is 42.1 Å². The van der Waals surface area contributed by atoms with Crippen molar-refractivity contribution in [3.05, 3.63) is 65.9 Å². The van der Waals surface area contributed by atoms with Crippen LogP contribution in [0.5, 0.6) is 0 Å². The van der Waals surface area contributed by atoms with Crippen molar-refractivity contribution >= 4 is 11.8 Å². The van der Waals surface area contributed by atoms with Gasteiger partial charge in [0, 0.05) is 36.4 Å². The number of aryl methyl sites for hydroxylation is 2. The third-order valence-electron chi connectivity index (χ3n) is 6.55. The fourth-order valence-corrected chi connectivity index (χ4v) is 4.54. The van der Waals surface area contributed by atoms with Gasteiger partial charge in [0.1, 0.15) is 17.8 Å². The van der Waals surface area contributed by atoms with Gasteiger partial charge < -0.3 is 15.0 Å². The summed E-state index contributed by atoms with van der Waals surface area (Å²) >= 11 is 0. The van der Waals surface area contributed by atoms with Crippen LogP contribution in [0.4, 0.5) is 0 Å². The van der Waals surface area contributed by atoms with Crippen LogP contribution in [0.2, 0.25) is 0 Å². The van der Waals surface area contributed by atoms with Crippen LogP contribution in [0.1, 0.15) is 62.5 Å². The monoisotopic (exact) mass is 458 g/mol. The normalized spacial score (nSPS) is 14.9. The molecule has 0 spiro atoms. The van der Waals surface area contributed by atoms with Crippen LogP contribution < -0.4 is 5.73 Å². The van der Waals surface area contributed by atoms with Gasteiger partial charge in [0.15, 0.2) is 0 Å². The number of carbonyl (C=O) groups is 1. The summed E-state index contributed by atoms with van der Waals surface area (Å²) < 4.78 is 7.76. The highest BCUT2D eigenvalue weighted by atomic mass is 16.5. The molecule has 1 aliphatic rings. The molecule has 0 aliphatic heterocycles. The Kier molecular flexibility index (Phi) is 7.78. The van der Waals surface area contributed by atoms with Gasteiger partial charge in [-0.05, 0) is 37.7 Å². The molecule has 0 bridgehead atoms. The van der Waals surface area contributed by atoms with E-state index in [0.29, 0.717) is 18.4 Å². The number of nitrogens with two attached hydrogens (primary N) is 1. The number of benzene rings is 2. The van der Waals surface area contributed by atoms with Gasteiger partial charge >= 0.3 is 5.97 Å². The Morgan fingerprint density at radius 3 is 2.26 bits per heavy atom. The van der Waals surface area contributed by atoms with Gasteiger partial charge in [0.25, 0.3) is 0 Å². The van der Waals surface area contributed by atoms with Crippen LogP contribution in [0.25, 0.3) is 22.6 Å². The van der Waals surface area contributed by atoms with Gasteiger partial charge in [-0.2, -0.15) is 0 Å². The molecule has 0 amide bonds. The third-order valence-corrected chi connectivity index (χ3v) is 6.55. The number of amidine groups is 1. The average molecular weight is 459 g/mol. The maximum Gasteiger partial charge on any atom is 0.306 e. The first kappa shape index (κ1) is 23.7. The minimum absolute atomic E-state index is 0.0569. The molecular formula is C28H34N4O2. The quantitative estimate of drug-likeness (QED) is 0.273. The lowest BCUT2D eigenvalue weighted by molar-refractivity contribution is -0.150. The second-order valence-electron chi connectivity index (χ2n) is 9.21. The van der Waals surface area contributed by atoms with E-state index in [9.17, 15) is 4.79 Å². The maximum atomic E-state index is 12.4. The van der Waals surface area contributed by atoms with Gasteiger partial charge in [-0.15, -0.1) is 0 Å². The number of esters is 1. The molecule has 6 heteroatoms. The predicted molar refractivity (Wildman–Crippen MR) is 136 cm³/mol. The molecule has 1 saturated carbocycles. The zero-order valence-electron chi connectivity index (χ0n) is 19.9. The fraction of sp³-hybridized carbons (Fsp3) is 0.393. The van der Waals surface area contributed by atoms with E-state index < -0.39 is 0 Å². The number of aromatic nitrogens is 2. The molecule has 0 unspecified atom stereocenters. The first-order chi connectivity index (χ1) is 16.5. The van der Waals surface area contributed by atoms with Crippen LogP contribution in [0.3, 0.4) is 0 Å². The summed E-state index contributed by atoms with van der Waals surface area (Å²) in [6.07, 6.45) is 11.4. The van der Waals surface area contributed by atoms with Gasteiger partial charge in [0.2, 0.25) is 0 Å². The highest BCUT2D eigenvalue weighted by molar-refractivity contribution is 5.95. The lowest BCUT2D eigenvalue weighted by atomic mass is 9.98. The second kappa shape index (κ2) is 11.1. The molecule has 0 atom stereocenters. The maximum absolute atomic E-state index is 12.4. The van der Waals surface area contributed by atoms with E-state index in [1.54, 1.807) is 0 Å². The molecule has 3 N–H and O–H groups in total. The minimum Gasteiger partial charge on any atom is -0.462 e. The molecule has 0 radical (unpaired) electrons. The van der Waals surface area contributed by atoms with Gasteiger partial charge in [-0.1, -0.05) is 67.8 Å². The van der Waals surface area contributed by atoms with Gasteiger partial charge in [-0.3, -0.25) is 10.2 Å². The smallest absolute Gasteiger partial charge is 0.306 e. The van der Waals surface area contributed by atoms with E-state index in [1.165, 1.54) is 19.3 Å². The van der Waals surface area contributed by atoms with E-state index in [2.05, 4.69) is 24.3 Å². The number of nitrogens with zero attached hydrogens (tertiary/aromatic N) is 2. The van der Waals surface area contributed by atoms with Crippen molar-refractivity contribution in [3.8, 4) is 22.6 Å². The lowest BCUT2D eigenvalue weighted by Crippen LogP contribution is -2.19. The van der Waals surface area contributed by atoms with Gasteiger partial charge in [0.05, 0.1) is 5.69 Å². The van der Waals surface area contributed by atoms with E-state index >= 15 is 0 Å². The Labute approximate surface area is 201 Å². The second-order valence-corrected chi connectivity index (χ2v) is 9.21. The van der Waals surface area contributed by atoms with Crippen molar-refractivity contribution in [3.63, 3.8) is 0 Å². The third kappa shape index (κ3) is 6.13. The van der Waals surface area contributed by atoms with Crippen molar-refractivity contribution in [1.82, 2.24) is 9.55 Å². The topological polar surface area (TPSA) is 94.0 Å². The molecule has 178 valence electrons. The van der Waals surface area contributed by atoms with Crippen LogP contribution in [0.15, 0.2) is 54.7 Å². The van der Waals surface area contributed by atoms with E-state index in [-0.39, 0.29) is 17.9 Å². The zero-order chi connectivity index (χ0) is 23.9. The van der Waals surface area contributed by atoms with Crippen LogP contribution in [0, 0.1) is 5.41 Å². The number of hydrogen-bond acceptors (Lipinski definition) is 4. The first-order valence-electron chi connectivity index (χ1n) is 12.3. The Hall–Kier alpha value is -3.41. The van der Waals surface area contributed by atoms with Crippen molar-refractivity contribution < 1.29 is 9.53 Å². The van der Waals surface area contributed by atoms with Crippen LogP contribution >= 0.6 is 0 Å². The van der Waals surface area contributed by atoms with Crippen molar-refractivity contribution in [2.45, 2.75) is 63.9 Å². The van der Waals surface area contributed by atoms with Crippen LogP contribution in [-0.2, 0) is 23.0 Å². The summed E-state index contributed by atoms with van der Waals surface area (Å²) in [5.74, 6) is 0.849. The van der Waals surface area contributed by atoms with Crippen molar-refractivity contribution in [2.75, 3.05) is 0 Å². The average Bonchev–Trinajstić information content (AvgIpc) is 3.21. The SMILES string of the molecule is Cn1cc(-c2ccc(C(=N)N)cc2)nc1-c1ccc(CCC(=O)OC2CCCCCCC2)cc1. The molecule has 0 saturated heterocycles. The number of imidazole rings is 1. The Morgan fingerprint density at radius 2 is 1.62 bits per heavy atom. The number of nitrogen functional groups attached to an aromatic ring is 1. The van der Waals surface area contributed by atoms with Crippen molar-refractivity contribution in [1.29, 1.82) is 5.41 Å². The largest absolute Gasteiger partial charge is 0.462 e. The molecule has 2 aromatic carbocycles. The molecular weight excluding hydrogens is 424 g/mol. The summed E-state index contributed by atoms with van der Waals surface area (Å²) in [5.41, 5.74) is 10.2. The standard InChI is InChI=1S/C28H34N4O2/c1-32-19-25(21-14-16-22(17-15-21)27(29)30)31-28(32)23-12-9-20(10-13-23)11-18-26(33)34-24-7-5-3-2-4-6-8-24/h9-10,12-17,19,24H,2-8,11,18H2,1H3,(H3,29,30). The fourth-order valence-electron chi connectivity index (χ4n) is 4.54. The van der Waals surface area contributed by atoms with E-state index in [4.69, 9.17) is 20.9 Å². The Morgan fingerprint density at radius 1 is 1.00 bits per heavy atom. The summed E-state index contributed by atoms with van der Waals surface area (Å²) in [4.78, 5) is 17.2. The number of hydrogen-bond donors (Lipinski definition) is 2. The summed E-state index contributed by atoms with van der Waals surface area (Å²) in [6.45, 7) is 0. The summed E-state index contributed by atoms with van der Waals surface area (Å²) in [5, 5.41) is 7.54. The first-order valence-corrected chi connectivity index (χ1v) is 12.3. The predicted octanol–water partition coefficient (Wildman–Crippen LogP) is 5.63. The summed E-state index contributed by atoms with van der Waals surface area (Å²) in [6, 6.07) is 15.8. The zero-order valence-corrected chi connectivity index (χ0v) is 19.9. The molecule has 6 nitrogen and oxygen atoms in total. The molecule has 4 rings (SSSR count). The molecule has 34 heavy (non-hydrogen) atoms. The highest BCUT2D eigenvalue weighted by Gasteiger charge is 2.16. The minimum atomic E-state index is -0.0841. The lowest BCUT2D eigenvalue weighted by Gasteiger charge is -2.20. The van der Waals surface area contributed by atoms with Gasteiger partial charge in [-0.25, -0.2) is 4.98 Å². The van der Waals surface area contributed by atoms with Crippen LogP contribution in [-0.4, -0.2) is 27.5 Å². The molecule has 1 aromatic heterocycles. The highest BCUT2D eigenvalue weighted by Crippen LogP contribution is 2.25. The molecule has 1 aliphatic carbocycles.